The van der Waals surface area contributed by atoms with Crippen molar-refractivity contribution >= 4 is 28.8 Å². The summed E-state index contributed by atoms with van der Waals surface area (Å²) in [7, 11) is 1.90. The van der Waals surface area contributed by atoms with Gasteiger partial charge in [-0.05, 0) is 42.0 Å². The molecule has 5 aromatic rings. The van der Waals surface area contributed by atoms with Crippen LogP contribution in [-0.4, -0.2) is 66.5 Å². The third kappa shape index (κ3) is 4.62. The summed E-state index contributed by atoms with van der Waals surface area (Å²) in [6.07, 6.45) is 8.27. The van der Waals surface area contributed by atoms with Crippen LogP contribution in [0.1, 0.15) is 11.7 Å². The minimum Gasteiger partial charge on any atom is -0.378 e. The van der Waals surface area contributed by atoms with Crippen molar-refractivity contribution in [1.82, 2.24) is 29.3 Å². The molecule has 1 aliphatic rings. The summed E-state index contributed by atoms with van der Waals surface area (Å²) < 4.78 is 3.66. The number of piperazine rings is 1. The van der Waals surface area contributed by atoms with E-state index in [1.165, 1.54) is 0 Å². The molecule has 4 aromatic heterocycles. The van der Waals surface area contributed by atoms with Crippen molar-refractivity contribution in [2.45, 2.75) is 6.10 Å². The molecule has 5 heterocycles. The normalized spacial score (nSPS) is 14.7. The highest BCUT2D eigenvalue weighted by atomic mass is 35.5. The van der Waals surface area contributed by atoms with Crippen LogP contribution < -0.4 is 4.90 Å². The van der Waals surface area contributed by atoms with Crippen molar-refractivity contribution in [2.24, 2.45) is 7.05 Å². The number of hydrogen-bond donors (Lipinski definition) is 1. The van der Waals surface area contributed by atoms with E-state index in [0.29, 0.717) is 36.8 Å². The predicted octanol–water partition coefficient (Wildman–Crippen LogP) is 3.83. The van der Waals surface area contributed by atoms with E-state index in [1.807, 2.05) is 48.5 Å². The number of pyridine rings is 2. The molecule has 38 heavy (non-hydrogen) atoms. The lowest BCUT2D eigenvalue weighted by Crippen LogP contribution is -2.50. The highest BCUT2D eigenvalue weighted by Gasteiger charge is 2.27. The van der Waals surface area contributed by atoms with E-state index in [4.69, 9.17) is 16.6 Å². The largest absolute Gasteiger partial charge is 0.378 e. The monoisotopic (exact) mass is 527 g/mol. The van der Waals surface area contributed by atoms with Gasteiger partial charge in [0.2, 0.25) is 0 Å². The second-order valence-corrected chi connectivity index (χ2v) is 9.82. The van der Waals surface area contributed by atoms with Crippen molar-refractivity contribution in [3.8, 4) is 22.3 Å². The number of amides is 1. The van der Waals surface area contributed by atoms with Crippen LogP contribution >= 0.6 is 11.6 Å². The van der Waals surface area contributed by atoms with Crippen LogP contribution in [0.5, 0.6) is 0 Å². The van der Waals surface area contributed by atoms with E-state index in [0.717, 1.165) is 33.6 Å². The van der Waals surface area contributed by atoms with E-state index >= 15 is 0 Å². The molecule has 1 unspecified atom stereocenters. The van der Waals surface area contributed by atoms with Gasteiger partial charge in [-0.25, -0.2) is 9.50 Å². The first-order valence-corrected chi connectivity index (χ1v) is 12.7. The number of rotatable bonds is 5. The van der Waals surface area contributed by atoms with Gasteiger partial charge in [0.25, 0.3) is 5.91 Å². The van der Waals surface area contributed by atoms with Crippen molar-refractivity contribution in [2.75, 3.05) is 31.1 Å². The average molecular weight is 528 g/mol. The Labute approximate surface area is 224 Å². The fourth-order valence-electron chi connectivity index (χ4n) is 4.87. The smallest absolute Gasteiger partial charge is 0.256 e. The quantitative estimate of drug-likeness (QED) is 0.373. The Hall–Kier alpha value is -4.21. The van der Waals surface area contributed by atoms with Gasteiger partial charge in [-0.15, -0.1) is 0 Å². The fraction of sp³-hybridized carbons (Fsp3) is 0.214. The second kappa shape index (κ2) is 9.92. The molecule has 0 aliphatic carbocycles. The lowest BCUT2D eigenvalue weighted by atomic mass is 10.0. The summed E-state index contributed by atoms with van der Waals surface area (Å²) in [6, 6.07) is 15.0. The van der Waals surface area contributed by atoms with Gasteiger partial charge in [0.1, 0.15) is 5.82 Å². The number of aryl methyl sites for hydroxylation is 1. The van der Waals surface area contributed by atoms with Gasteiger partial charge in [0.15, 0.2) is 6.10 Å². The molecular formula is C28H26ClN7O2. The molecule has 1 amide bonds. The highest BCUT2D eigenvalue weighted by molar-refractivity contribution is 6.30. The molecule has 0 radical (unpaired) electrons. The molecule has 10 heteroatoms. The average Bonchev–Trinajstić information content (AvgIpc) is 3.61. The number of carbonyl (C=O) groups excluding carboxylic acids is 1. The Morgan fingerprint density at radius 2 is 1.79 bits per heavy atom. The maximum Gasteiger partial charge on any atom is 0.256 e. The first kappa shape index (κ1) is 24.1. The number of benzene rings is 1. The summed E-state index contributed by atoms with van der Waals surface area (Å²) in [5.74, 6) is 0.540. The highest BCUT2D eigenvalue weighted by Crippen LogP contribution is 2.31. The fourth-order valence-corrected chi connectivity index (χ4v) is 5.07. The van der Waals surface area contributed by atoms with Crippen LogP contribution in [0.4, 0.5) is 5.82 Å². The maximum atomic E-state index is 12.9. The van der Waals surface area contributed by atoms with E-state index in [9.17, 15) is 9.90 Å². The third-order valence-corrected chi connectivity index (χ3v) is 7.15. The molecule has 1 N–H and O–H groups in total. The van der Waals surface area contributed by atoms with Gasteiger partial charge in [0, 0.05) is 85.3 Å². The van der Waals surface area contributed by atoms with E-state index in [-0.39, 0.29) is 5.91 Å². The van der Waals surface area contributed by atoms with E-state index < -0.39 is 6.10 Å². The zero-order chi connectivity index (χ0) is 26.2. The third-order valence-electron chi connectivity index (χ3n) is 6.92. The molecule has 0 saturated carbocycles. The zero-order valence-electron chi connectivity index (χ0n) is 20.8. The van der Waals surface area contributed by atoms with Crippen molar-refractivity contribution in [3.63, 3.8) is 0 Å². The Morgan fingerprint density at radius 1 is 0.947 bits per heavy atom. The molecule has 1 fully saturated rings. The van der Waals surface area contributed by atoms with Crippen LogP contribution in [-0.2, 0) is 11.8 Å². The topological polar surface area (TPSA) is 91.8 Å². The number of aromatic nitrogens is 5. The predicted molar refractivity (Wildman–Crippen MR) is 146 cm³/mol. The molecule has 192 valence electrons. The first-order chi connectivity index (χ1) is 18.5. The van der Waals surface area contributed by atoms with Crippen LogP contribution in [0.15, 0.2) is 79.5 Å². The van der Waals surface area contributed by atoms with Crippen LogP contribution in [0.3, 0.4) is 0 Å². The molecule has 1 aromatic carbocycles. The number of halogens is 1. The summed E-state index contributed by atoms with van der Waals surface area (Å²) in [6.45, 7) is 2.26. The lowest BCUT2D eigenvalue weighted by molar-refractivity contribution is -0.140. The molecule has 1 saturated heterocycles. The van der Waals surface area contributed by atoms with Crippen LogP contribution in [0.2, 0.25) is 5.02 Å². The molecule has 0 spiro atoms. The number of aliphatic hydroxyl groups is 1. The number of anilines is 1. The number of nitrogens with zero attached hydrogens (tertiary/aromatic N) is 7. The number of carbonyl (C=O) groups is 1. The van der Waals surface area contributed by atoms with Gasteiger partial charge in [0.05, 0.1) is 11.7 Å². The molecule has 6 rings (SSSR count). The standard InChI is InChI=1S/C28H26ClN7O2/c1-33-17-22(16-32-33)21-14-24(25-7-8-31-36(25)18-21)20-5-6-26(30-15-20)34-9-11-35(12-10-34)28(38)27(37)19-3-2-4-23(29)13-19/h2-8,13-18,27,37H,9-12H2,1H3. The van der Waals surface area contributed by atoms with Crippen molar-refractivity contribution < 1.29 is 9.90 Å². The van der Waals surface area contributed by atoms with Crippen molar-refractivity contribution in [1.29, 1.82) is 0 Å². The number of hydrogen-bond acceptors (Lipinski definition) is 6. The lowest BCUT2D eigenvalue weighted by Gasteiger charge is -2.36. The Balaban J connectivity index is 1.17. The van der Waals surface area contributed by atoms with Gasteiger partial charge in [-0.3, -0.25) is 9.48 Å². The molecule has 1 atom stereocenters. The summed E-state index contributed by atoms with van der Waals surface area (Å²) in [5.41, 5.74) is 5.56. The first-order valence-electron chi connectivity index (χ1n) is 12.4. The van der Waals surface area contributed by atoms with Gasteiger partial charge < -0.3 is 14.9 Å². The van der Waals surface area contributed by atoms with Gasteiger partial charge >= 0.3 is 0 Å². The maximum absolute atomic E-state index is 12.9. The Morgan fingerprint density at radius 3 is 2.50 bits per heavy atom. The molecule has 9 nitrogen and oxygen atoms in total. The minimum absolute atomic E-state index is 0.312. The van der Waals surface area contributed by atoms with Crippen molar-refractivity contribution in [3.05, 3.63) is 90.1 Å². The second-order valence-electron chi connectivity index (χ2n) is 9.38. The molecule has 0 bridgehead atoms. The van der Waals surface area contributed by atoms with Crippen LogP contribution in [0.25, 0.3) is 27.8 Å². The van der Waals surface area contributed by atoms with Gasteiger partial charge in [-0.2, -0.15) is 10.2 Å². The Kier molecular flexibility index (Phi) is 6.30. The van der Waals surface area contributed by atoms with E-state index in [2.05, 4.69) is 27.2 Å². The summed E-state index contributed by atoms with van der Waals surface area (Å²) in [4.78, 5) is 21.5. The van der Waals surface area contributed by atoms with Crippen LogP contribution in [0, 0.1) is 0 Å². The zero-order valence-corrected chi connectivity index (χ0v) is 21.5. The number of aliphatic hydroxyl groups excluding tert-OH is 1. The molecular weight excluding hydrogens is 502 g/mol. The Bertz CT molecular complexity index is 1600. The van der Waals surface area contributed by atoms with Gasteiger partial charge in [-0.1, -0.05) is 23.7 Å². The SMILES string of the molecule is Cn1cc(-c2cc(-c3ccc(N4CCN(C(=O)C(O)c5cccc(Cl)c5)CC4)nc3)c3ccnn3c2)cn1. The van der Waals surface area contributed by atoms with E-state index in [1.54, 1.807) is 40.0 Å². The summed E-state index contributed by atoms with van der Waals surface area (Å²) >= 11 is 6.02. The number of fused-ring (bicyclic) bond motifs is 1. The minimum atomic E-state index is -1.22. The summed E-state index contributed by atoms with van der Waals surface area (Å²) in [5, 5.41) is 19.8. The molecule has 1 aliphatic heterocycles.